The number of aryl methyl sites for hydroxylation is 1. The molecule has 0 unspecified atom stereocenters. The van der Waals surface area contributed by atoms with Crippen LogP contribution in [-0.4, -0.2) is 34.3 Å². The first-order chi connectivity index (χ1) is 11.3. The van der Waals surface area contributed by atoms with Crippen molar-refractivity contribution in [2.45, 2.75) is 20.8 Å². The molecule has 0 aliphatic heterocycles. The van der Waals surface area contributed by atoms with Crippen molar-refractivity contribution in [3.05, 3.63) is 58.4 Å². The molecule has 0 spiro atoms. The smallest absolute Gasteiger partial charge is 0.258 e. The van der Waals surface area contributed by atoms with Gasteiger partial charge in [0.1, 0.15) is 5.69 Å². The quantitative estimate of drug-likeness (QED) is 0.633. The van der Waals surface area contributed by atoms with E-state index in [0.717, 1.165) is 10.1 Å². The number of hydrogen-bond acceptors (Lipinski definition) is 3. The maximum Gasteiger partial charge on any atom is 0.258 e. The maximum atomic E-state index is 12.9. The third kappa shape index (κ3) is 3.19. The van der Waals surface area contributed by atoms with Gasteiger partial charge < -0.3 is 0 Å². The molecule has 0 radical (unpaired) electrons. The summed E-state index contributed by atoms with van der Waals surface area (Å²) < 4.78 is 1.41. The number of hydrogen-bond donors (Lipinski definition) is 0. The molecule has 1 aromatic carbocycles. The van der Waals surface area contributed by atoms with Gasteiger partial charge in [0.2, 0.25) is 11.7 Å². The Balaban J connectivity index is 2.59. The number of amides is 2. The predicted molar refractivity (Wildman–Crippen MR) is 91.4 cm³/mol. The summed E-state index contributed by atoms with van der Waals surface area (Å²) in [6.45, 7) is 4.40. The van der Waals surface area contributed by atoms with Crippen LogP contribution in [0.5, 0.6) is 0 Å². The third-order valence-electron chi connectivity index (χ3n) is 3.61. The Labute approximate surface area is 145 Å². The molecule has 2 rings (SSSR count). The molecule has 1 aromatic heterocycles. The molecule has 0 fully saturated rings. The summed E-state index contributed by atoms with van der Waals surface area (Å²) in [6.07, 6.45) is 0. The summed E-state index contributed by atoms with van der Waals surface area (Å²) in [5.74, 6) is -1.08. The highest BCUT2D eigenvalue weighted by Gasteiger charge is 2.26. The van der Waals surface area contributed by atoms with Crippen molar-refractivity contribution in [1.29, 1.82) is 0 Å². The van der Waals surface area contributed by atoms with E-state index < -0.39 is 5.91 Å². The lowest BCUT2D eigenvalue weighted by molar-refractivity contribution is -0.135. The highest BCUT2D eigenvalue weighted by atomic mass is 35.5. The second-order valence-corrected chi connectivity index (χ2v) is 5.74. The van der Waals surface area contributed by atoms with E-state index in [1.807, 2.05) is 0 Å². The van der Waals surface area contributed by atoms with E-state index in [0.29, 0.717) is 16.3 Å². The van der Waals surface area contributed by atoms with Gasteiger partial charge in [-0.2, -0.15) is 0 Å². The Hall–Kier alpha value is -2.60. The van der Waals surface area contributed by atoms with Gasteiger partial charge in [0.05, 0.1) is 5.02 Å². The number of carbonyl (C=O) groups excluding carboxylic acids is 3. The fraction of sp³-hybridized carbons (Fsp3) is 0.235. The first kappa shape index (κ1) is 17.7. The standard InChI is InChI=1S/C17H18ClN3O3/c1-11-9-10-16(17(24)14-7-5-6-8-15(14)18)20(11)21(13(3)23)19(4)12(2)22/h5-10H,1-4H3. The van der Waals surface area contributed by atoms with Crippen LogP contribution in [-0.2, 0) is 9.59 Å². The first-order valence-electron chi connectivity index (χ1n) is 7.28. The van der Waals surface area contributed by atoms with Crippen molar-refractivity contribution in [1.82, 2.24) is 9.69 Å². The lowest BCUT2D eigenvalue weighted by Gasteiger charge is -2.32. The van der Waals surface area contributed by atoms with E-state index in [4.69, 9.17) is 11.6 Å². The van der Waals surface area contributed by atoms with Crippen molar-refractivity contribution in [3.63, 3.8) is 0 Å². The van der Waals surface area contributed by atoms with E-state index in [-0.39, 0.29) is 17.4 Å². The van der Waals surface area contributed by atoms with Gasteiger partial charge in [0.15, 0.2) is 0 Å². The van der Waals surface area contributed by atoms with Gasteiger partial charge >= 0.3 is 0 Å². The topological polar surface area (TPSA) is 62.6 Å². The molecular formula is C17H18ClN3O3. The summed E-state index contributed by atoms with van der Waals surface area (Å²) >= 11 is 6.11. The van der Waals surface area contributed by atoms with Crippen molar-refractivity contribution in [3.8, 4) is 0 Å². The monoisotopic (exact) mass is 347 g/mol. The Morgan fingerprint density at radius 3 is 2.17 bits per heavy atom. The summed E-state index contributed by atoms with van der Waals surface area (Å²) in [4.78, 5) is 36.7. The predicted octanol–water partition coefficient (Wildman–Crippen LogP) is 2.56. The summed E-state index contributed by atoms with van der Waals surface area (Å²) in [6, 6.07) is 9.99. The van der Waals surface area contributed by atoms with Gasteiger partial charge in [-0.3, -0.25) is 14.4 Å². The summed E-state index contributed by atoms with van der Waals surface area (Å²) in [5, 5.41) is 2.60. The molecule has 1 heterocycles. The number of halogens is 1. The van der Waals surface area contributed by atoms with Crippen LogP contribution in [0.4, 0.5) is 0 Å². The Bertz CT molecular complexity index is 813. The summed E-state index contributed by atoms with van der Waals surface area (Å²) in [7, 11) is 1.47. The zero-order chi connectivity index (χ0) is 18.0. The number of ketones is 1. The Kier molecular flexibility index (Phi) is 5.09. The van der Waals surface area contributed by atoms with Crippen LogP contribution in [0.25, 0.3) is 0 Å². The fourth-order valence-electron chi connectivity index (χ4n) is 2.36. The van der Waals surface area contributed by atoms with Crippen molar-refractivity contribution >= 4 is 29.2 Å². The number of aromatic nitrogens is 1. The molecule has 0 N–H and O–H groups in total. The minimum Gasteiger partial charge on any atom is -0.287 e. The van der Waals surface area contributed by atoms with Gasteiger partial charge in [0.25, 0.3) is 5.91 Å². The number of benzene rings is 1. The molecule has 6 nitrogen and oxygen atoms in total. The van der Waals surface area contributed by atoms with Crippen LogP contribution >= 0.6 is 11.6 Å². The number of nitrogens with zero attached hydrogens (tertiary/aromatic N) is 3. The van der Waals surface area contributed by atoms with Crippen LogP contribution < -0.4 is 5.12 Å². The molecule has 2 aromatic rings. The van der Waals surface area contributed by atoms with Gasteiger partial charge in [-0.05, 0) is 31.2 Å². The fourth-order valence-corrected chi connectivity index (χ4v) is 2.58. The minimum atomic E-state index is -0.403. The minimum absolute atomic E-state index is 0.240. The van der Waals surface area contributed by atoms with Gasteiger partial charge in [-0.25, -0.2) is 9.69 Å². The zero-order valence-corrected chi connectivity index (χ0v) is 14.7. The zero-order valence-electron chi connectivity index (χ0n) is 13.9. The number of carbonyl (C=O) groups is 3. The molecule has 2 amide bonds. The first-order valence-corrected chi connectivity index (χ1v) is 7.66. The van der Waals surface area contributed by atoms with E-state index in [9.17, 15) is 14.4 Å². The van der Waals surface area contributed by atoms with E-state index in [1.54, 1.807) is 43.3 Å². The molecule has 0 saturated heterocycles. The lowest BCUT2D eigenvalue weighted by Crippen LogP contribution is -2.53. The average Bonchev–Trinajstić information content (AvgIpc) is 2.88. The second kappa shape index (κ2) is 6.88. The molecule has 0 aliphatic carbocycles. The molecule has 126 valence electrons. The van der Waals surface area contributed by atoms with E-state index >= 15 is 0 Å². The second-order valence-electron chi connectivity index (χ2n) is 5.33. The van der Waals surface area contributed by atoms with Crippen molar-refractivity contribution in [2.75, 3.05) is 12.2 Å². The number of rotatable bonds is 3. The molecule has 24 heavy (non-hydrogen) atoms. The molecule has 0 bridgehead atoms. The van der Waals surface area contributed by atoms with Crippen molar-refractivity contribution < 1.29 is 14.4 Å². The molecule has 0 saturated carbocycles. The average molecular weight is 348 g/mol. The highest BCUT2D eigenvalue weighted by Crippen LogP contribution is 2.21. The molecular weight excluding hydrogens is 330 g/mol. The summed E-state index contributed by atoms with van der Waals surface area (Å²) in [5.41, 5.74) is 1.20. The molecule has 0 atom stereocenters. The third-order valence-corrected chi connectivity index (χ3v) is 3.94. The number of hydrazine groups is 1. The lowest BCUT2D eigenvalue weighted by atomic mass is 10.1. The normalized spacial score (nSPS) is 10.4. The van der Waals surface area contributed by atoms with Crippen LogP contribution in [0.1, 0.15) is 35.6 Å². The van der Waals surface area contributed by atoms with Crippen LogP contribution in [0.3, 0.4) is 0 Å². The van der Waals surface area contributed by atoms with Crippen LogP contribution in [0, 0.1) is 6.92 Å². The SMILES string of the molecule is CC(=O)N(C)N(C(C)=O)n1c(C)ccc1C(=O)c1ccccc1Cl. The highest BCUT2D eigenvalue weighted by molar-refractivity contribution is 6.34. The largest absolute Gasteiger partial charge is 0.287 e. The van der Waals surface area contributed by atoms with Crippen molar-refractivity contribution in [2.24, 2.45) is 0 Å². The van der Waals surface area contributed by atoms with Gasteiger partial charge in [-0.15, -0.1) is 5.12 Å². The van der Waals surface area contributed by atoms with Crippen LogP contribution in [0.15, 0.2) is 36.4 Å². The van der Waals surface area contributed by atoms with Gasteiger partial charge in [-0.1, -0.05) is 23.7 Å². The van der Waals surface area contributed by atoms with E-state index in [1.165, 1.54) is 25.6 Å². The maximum absolute atomic E-state index is 12.9. The molecule has 7 heteroatoms. The van der Waals surface area contributed by atoms with Crippen LogP contribution in [0.2, 0.25) is 5.02 Å². The van der Waals surface area contributed by atoms with E-state index in [2.05, 4.69) is 0 Å². The Morgan fingerprint density at radius 1 is 1.00 bits per heavy atom. The molecule has 0 aliphatic rings. The Morgan fingerprint density at radius 2 is 1.62 bits per heavy atom. The van der Waals surface area contributed by atoms with Gasteiger partial charge in [0, 0.05) is 32.2 Å².